The minimum Gasteiger partial charge on any atom is -0.0925 e. The first-order valence-corrected chi connectivity index (χ1v) is 4.61. The second kappa shape index (κ2) is 5.99. The van der Waals surface area contributed by atoms with Crippen molar-refractivity contribution in [3.63, 3.8) is 0 Å². The third-order valence-electron chi connectivity index (χ3n) is 1.94. The first-order valence-electron chi connectivity index (χ1n) is 3.49. The molecule has 0 N–H and O–H groups in total. The molecule has 0 amide bonds. The second-order valence-corrected chi connectivity index (χ2v) is 3.31. The molecule has 0 aromatic carbocycles. The van der Waals surface area contributed by atoms with Crippen LogP contribution in [0.2, 0.25) is 0 Å². The van der Waals surface area contributed by atoms with Crippen LogP contribution in [0.25, 0.3) is 0 Å². The Labute approximate surface area is 82.1 Å². The molecule has 0 aliphatic heterocycles. The van der Waals surface area contributed by atoms with Gasteiger partial charge < -0.3 is 0 Å². The maximum Gasteiger partial charge on any atom is 0.00596 e. The van der Waals surface area contributed by atoms with Crippen LogP contribution in [0.4, 0.5) is 0 Å². The summed E-state index contributed by atoms with van der Waals surface area (Å²) in [6.07, 6.45) is 7.34. The molecule has 0 bridgehead atoms. The Morgan fingerprint density at radius 1 is 1.11 bits per heavy atom. The zero-order valence-electron chi connectivity index (χ0n) is 5.91. The van der Waals surface area contributed by atoms with Gasteiger partial charge in [0.2, 0.25) is 0 Å². The van der Waals surface area contributed by atoms with Crippen molar-refractivity contribution in [2.75, 3.05) is 5.33 Å². The lowest BCUT2D eigenvalue weighted by Gasteiger charge is -2.18. The smallest absolute Gasteiger partial charge is 0.00596 e. The Bertz CT molecular complexity index is 59.9. The zero-order chi connectivity index (χ0) is 5.82. The van der Waals surface area contributed by atoms with Gasteiger partial charge in [0.15, 0.2) is 0 Å². The fourth-order valence-corrected chi connectivity index (χ4v) is 1.99. The average Bonchev–Trinajstić information content (AvgIpc) is 1.90. The number of hydrogen-bond acceptors (Lipinski definition) is 0. The fraction of sp³-hybridized carbons (Fsp3) is 1.00. The molecule has 9 heavy (non-hydrogen) atoms. The fourth-order valence-electron chi connectivity index (χ4n) is 1.34. The predicted molar refractivity (Wildman–Crippen MR) is 46.1 cm³/mol. The molecule has 0 atom stereocenters. The minimum absolute atomic E-state index is 0. The average molecular weight is 201 g/mol. The molecule has 0 saturated heterocycles. The van der Waals surface area contributed by atoms with Gasteiger partial charge in [-0.05, 0) is 18.8 Å². The molecule has 1 rings (SSSR count). The SMILES string of the molecule is BrCC1CCCCC1.[Mg]. The minimum atomic E-state index is 0. The highest BCUT2D eigenvalue weighted by Crippen LogP contribution is 2.24. The lowest BCUT2D eigenvalue weighted by Crippen LogP contribution is -2.06. The Balaban J connectivity index is 0.000000640. The molecule has 0 heterocycles. The van der Waals surface area contributed by atoms with Crippen LogP contribution in [0.3, 0.4) is 0 Å². The van der Waals surface area contributed by atoms with Crippen molar-refractivity contribution in [3.05, 3.63) is 0 Å². The molecule has 1 aliphatic rings. The van der Waals surface area contributed by atoms with E-state index in [9.17, 15) is 0 Å². The summed E-state index contributed by atoms with van der Waals surface area (Å²) in [4.78, 5) is 0. The van der Waals surface area contributed by atoms with Crippen molar-refractivity contribution in [1.29, 1.82) is 0 Å². The quantitative estimate of drug-likeness (QED) is 0.452. The molecule has 0 unspecified atom stereocenters. The van der Waals surface area contributed by atoms with Crippen molar-refractivity contribution >= 4 is 39.0 Å². The van der Waals surface area contributed by atoms with Gasteiger partial charge in [-0.15, -0.1) is 0 Å². The molecule has 0 aromatic rings. The number of alkyl halides is 1. The molecule has 1 aliphatic carbocycles. The second-order valence-electron chi connectivity index (χ2n) is 2.66. The summed E-state index contributed by atoms with van der Waals surface area (Å²) in [7, 11) is 0. The van der Waals surface area contributed by atoms with E-state index in [1.807, 2.05) is 0 Å². The van der Waals surface area contributed by atoms with Crippen LogP contribution in [-0.2, 0) is 0 Å². The molecule has 1 fully saturated rings. The van der Waals surface area contributed by atoms with Gasteiger partial charge in [-0.2, -0.15) is 0 Å². The van der Waals surface area contributed by atoms with Gasteiger partial charge in [-0.3, -0.25) is 0 Å². The van der Waals surface area contributed by atoms with Gasteiger partial charge >= 0.3 is 0 Å². The molecule has 0 aromatic heterocycles. The lowest BCUT2D eigenvalue weighted by atomic mass is 9.91. The van der Waals surface area contributed by atoms with Crippen LogP contribution in [0.15, 0.2) is 0 Å². The first kappa shape index (κ1) is 10.2. The van der Waals surface area contributed by atoms with E-state index in [0.717, 1.165) is 5.92 Å². The van der Waals surface area contributed by atoms with E-state index in [1.165, 1.54) is 37.4 Å². The molecule has 0 spiro atoms. The summed E-state index contributed by atoms with van der Waals surface area (Å²) < 4.78 is 0. The summed E-state index contributed by atoms with van der Waals surface area (Å²) in [6, 6.07) is 0. The molecule has 50 valence electrons. The van der Waals surface area contributed by atoms with Crippen LogP contribution < -0.4 is 0 Å². The Morgan fingerprint density at radius 3 is 2.00 bits per heavy atom. The highest BCUT2D eigenvalue weighted by molar-refractivity contribution is 9.09. The van der Waals surface area contributed by atoms with E-state index in [-0.39, 0.29) is 23.1 Å². The van der Waals surface area contributed by atoms with Crippen molar-refractivity contribution in [2.45, 2.75) is 32.1 Å². The molecule has 2 heteroatoms. The Morgan fingerprint density at radius 2 is 1.67 bits per heavy atom. The predicted octanol–water partition coefficient (Wildman–Crippen LogP) is 2.58. The zero-order valence-corrected chi connectivity index (χ0v) is 8.91. The van der Waals surface area contributed by atoms with Gasteiger partial charge in [0.05, 0.1) is 0 Å². The van der Waals surface area contributed by atoms with Crippen molar-refractivity contribution in [3.8, 4) is 0 Å². The van der Waals surface area contributed by atoms with Crippen LogP contribution in [-0.4, -0.2) is 28.4 Å². The molecule has 0 nitrogen and oxygen atoms in total. The summed E-state index contributed by atoms with van der Waals surface area (Å²) >= 11 is 3.51. The van der Waals surface area contributed by atoms with Gasteiger partial charge in [-0.1, -0.05) is 35.2 Å². The largest absolute Gasteiger partial charge is 0.0925 e. The van der Waals surface area contributed by atoms with Gasteiger partial charge in [0, 0.05) is 28.4 Å². The lowest BCUT2D eigenvalue weighted by molar-refractivity contribution is 0.392. The van der Waals surface area contributed by atoms with Crippen molar-refractivity contribution < 1.29 is 0 Å². The van der Waals surface area contributed by atoms with Gasteiger partial charge in [0.1, 0.15) is 0 Å². The van der Waals surface area contributed by atoms with E-state index in [4.69, 9.17) is 0 Å². The van der Waals surface area contributed by atoms with E-state index in [0.29, 0.717) is 0 Å². The van der Waals surface area contributed by atoms with Crippen LogP contribution in [0, 0.1) is 5.92 Å². The Kier molecular flexibility index (Phi) is 6.82. The van der Waals surface area contributed by atoms with Crippen molar-refractivity contribution in [1.82, 2.24) is 0 Å². The third-order valence-corrected chi connectivity index (χ3v) is 2.86. The number of rotatable bonds is 1. The van der Waals surface area contributed by atoms with Gasteiger partial charge in [-0.25, -0.2) is 0 Å². The monoisotopic (exact) mass is 200 g/mol. The van der Waals surface area contributed by atoms with E-state index < -0.39 is 0 Å². The standard InChI is InChI=1S/C7H13Br.Mg/c8-6-7-4-2-1-3-5-7;/h7H,1-6H2;. The number of halogens is 1. The third kappa shape index (κ3) is 3.84. The van der Waals surface area contributed by atoms with E-state index >= 15 is 0 Å². The normalized spacial score (nSPS) is 21.0. The highest BCUT2D eigenvalue weighted by Gasteiger charge is 2.10. The maximum atomic E-state index is 3.51. The molecule has 1 saturated carbocycles. The van der Waals surface area contributed by atoms with E-state index in [1.54, 1.807) is 0 Å². The Hall–Kier alpha value is 1.25. The molecular formula is C7H13BrMg. The summed E-state index contributed by atoms with van der Waals surface area (Å²) in [6.45, 7) is 0. The highest BCUT2D eigenvalue weighted by atomic mass is 79.9. The van der Waals surface area contributed by atoms with Crippen molar-refractivity contribution in [2.24, 2.45) is 5.92 Å². The molecular weight excluding hydrogens is 188 g/mol. The summed E-state index contributed by atoms with van der Waals surface area (Å²) in [5.41, 5.74) is 0. The summed E-state index contributed by atoms with van der Waals surface area (Å²) in [5.74, 6) is 1.00. The molecule has 2 radical (unpaired) electrons. The van der Waals surface area contributed by atoms with Crippen LogP contribution in [0.5, 0.6) is 0 Å². The topological polar surface area (TPSA) is 0 Å². The maximum absolute atomic E-state index is 3.51. The van der Waals surface area contributed by atoms with Crippen LogP contribution in [0.1, 0.15) is 32.1 Å². The summed E-state index contributed by atoms with van der Waals surface area (Å²) in [5, 5.41) is 1.23. The number of hydrogen-bond donors (Lipinski definition) is 0. The van der Waals surface area contributed by atoms with Gasteiger partial charge in [0.25, 0.3) is 0 Å². The first-order chi connectivity index (χ1) is 3.93. The van der Waals surface area contributed by atoms with Crippen LogP contribution >= 0.6 is 15.9 Å². The van der Waals surface area contributed by atoms with E-state index in [2.05, 4.69) is 15.9 Å².